The van der Waals surface area contributed by atoms with Crippen LogP contribution in [0.25, 0.3) is 5.57 Å². The molecule has 0 fully saturated rings. The maximum Gasteiger partial charge on any atom is 0.416 e. The van der Waals surface area contributed by atoms with Crippen LogP contribution in [0.15, 0.2) is 48.2 Å². The topological polar surface area (TPSA) is 52.9 Å². The molecule has 1 amide bonds. The van der Waals surface area contributed by atoms with Crippen molar-refractivity contribution < 1.29 is 18.0 Å². The number of nitrogens with zero attached hydrogens (tertiary/aromatic N) is 1. The first-order valence-corrected chi connectivity index (χ1v) is 9.05. The van der Waals surface area contributed by atoms with Crippen LogP contribution < -0.4 is 5.32 Å². The number of carbonyl (C=O) groups excluding carboxylic acids is 1. The summed E-state index contributed by atoms with van der Waals surface area (Å²) in [6.45, 7) is 9.41. The number of halogens is 3. The van der Waals surface area contributed by atoms with Gasteiger partial charge in [-0.3, -0.25) is 4.79 Å². The monoisotopic (exact) mass is 400 g/mol. The van der Waals surface area contributed by atoms with E-state index in [0.717, 1.165) is 35.4 Å². The first-order chi connectivity index (χ1) is 13.3. The summed E-state index contributed by atoms with van der Waals surface area (Å²) >= 11 is 0. The number of alkyl halides is 3. The summed E-state index contributed by atoms with van der Waals surface area (Å²) in [4.78, 5) is 12.7. The number of aryl methyl sites for hydroxylation is 2. The van der Waals surface area contributed by atoms with Crippen molar-refractivity contribution in [2.45, 2.75) is 40.8 Å². The average Bonchev–Trinajstić information content (AvgIpc) is 2.61. The highest BCUT2D eigenvalue weighted by Crippen LogP contribution is 2.33. The molecule has 6 heteroatoms. The van der Waals surface area contributed by atoms with Gasteiger partial charge in [0.2, 0.25) is 0 Å². The first kappa shape index (κ1) is 22.2. The molecule has 0 aliphatic rings. The summed E-state index contributed by atoms with van der Waals surface area (Å²) in [5, 5.41) is 12.6. The van der Waals surface area contributed by atoms with Gasteiger partial charge in [-0.15, -0.1) is 0 Å². The fourth-order valence-corrected chi connectivity index (χ4v) is 2.97. The molecule has 0 saturated carbocycles. The third-order valence-electron chi connectivity index (χ3n) is 4.48. The molecule has 0 saturated heterocycles. The molecule has 0 aliphatic heterocycles. The van der Waals surface area contributed by atoms with Gasteiger partial charge >= 0.3 is 6.18 Å². The summed E-state index contributed by atoms with van der Waals surface area (Å²) < 4.78 is 38.2. The molecule has 0 atom stereocenters. The molecule has 0 unspecified atom stereocenters. The summed E-state index contributed by atoms with van der Waals surface area (Å²) in [5.41, 5.74) is 2.07. The number of allylic oxidation sites excluding steroid dienone is 2. The van der Waals surface area contributed by atoms with Gasteiger partial charge in [0.25, 0.3) is 5.91 Å². The van der Waals surface area contributed by atoms with Gasteiger partial charge in [-0.2, -0.15) is 18.4 Å². The number of benzene rings is 2. The molecule has 2 rings (SSSR count). The average molecular weight is 400 g/mol. The van der Waals surface area contributed by atoms with Crippen LogP contribution in [0.3, 0.4) is 0 Å². The van der Waals surface area contributed by atoms with E-state index in [9.17, 15) is 23.2 Å². The summed E-state index contributed by atoms with van der Waals surface area (Å²) in [6, 6.07) is 11.8. The number of nitriles is 1. The van der Waals surface area contributed by atoms with Crippen molar-refractivity contribution in [3.8, 4) is 6.07 Å². The van der Waals surface area contributed by atoms with Crippen LogP contribution in [0.1, 0.15) is 53.4 Å². The molecular formula is C23H23F3N2O. The SMILES string of the molecule is Cc1ccc(/C(C#N)=C(\NC(=O)c2ccc(C(F)(F)F)cc2)C(C)(C)C)c(C)c1. The molecule has 2 aromatic rings. The summed E-state index contributed by atoms with van der Waals surface area (Å²) in [5.74, 6) is -0.568. The van der Waals surface area contributed by atoms with Crippen LogP contribution in [0.2, 0.25) is 0 Å². The van der Waals surface area contributed by atoms with Gasteiger partial charge in [0.05, 0.1) is 11.1 Å². The van der Waals surface area contributed by atoms with Crippen molar-refractivity contribution in [3.63, 3.8) is 0 Å². The van der Waals surface area contributed by atoms with E-state index in [-0.39, 0.29) is 5.56 Å². The molecule has 0 radical (unpaired) electrons. The van der Waals surface area contributed by atoms with Gasteiger partial charge in [-0.1, -0.05) is 44.5 Å². The van der Waals surface area contributed by atoms with E-state index in [1.807, 2.05) is 52.8 Å². The zero-order chi connectivity index (χ0) is 22.0. The first-order valence-electron chi connectivity index (χ1n) is 9.05. The van der Waals surface area contributed by atoms with E-state index < -0.39 is 23.1 Å². The van der Waals surface area contributed by atoms with Crippen molar-refractivity contribution in [2.75, 3.05) is 0 Å². The maximum atomic E-state index is 12.7. The third-order valence-corrected chi connectivity index (χ3v) is 4.48. The van der Waals surface area contributed by atoms with E-state index in [0.29, 0.717) is 16.8 Å². The molecule has 2 aromatic carbocycles. The predicted octanol–water partition coefficient (Wildman–Crippen LogP) is 6.03. The second-order valence-electron chi connectivity index (χ2n) is 7.96. The van der Waals surface area contributed by atoms with E-state index in [1.165, 1.54) is 0 Å². The standard InChI is InChI=1S/C23H23F3N2O/c1-14-6-11-18(15(2)12-14)19(13-27)20(22(3,4)5)28-21(29)16-7-9-17(10-8-16)23(24,25)26/h6-12H,1-5H3,(H,28,29)/b20-19-. The number of nitrogens with one attached hydrogen (secondary N) is 1. The smallest absolute Gasteiger partial charge is 0.324 e. The van der Waals surface area contributed by atoms with Crippen molar-refractivity contribution >= 4 is 11.5 Å². The number of rotatable bonds is 3. The highest BCUT2D eigenvalue weighted by Gasteiger charge is 2.30. The van der Waals surface area contributed by atoms with Gasteiger partial charge in [0.15, 0.2) is 0 Å². The maximum absolute atomic E-state index is 12.7. The largest absolute Gasteiger partial charge is 0.416 e. The van der Waals surface area contributed by atoms with Crippen LogP contribution in [0.4, 0.5) is 13.2 Å². The van der Waals surface area contributed by atoms with Crippen molar-refractivity contribution in [1.29, 1.82) is 5.26 Å². The van der Waals surface area contributed by atoms with E-state index in [4.69, 9.17) is 0 Å². The lowest BCUT2D eigenvalue weighted by Crippen LogP contribution is -2.31. The van der Waals surface area contributed by atoms with Crippen molar-refractivity contribution in [2.24, 2.45) is 5.41 Å². The molecule has 0 heterocycles. The Hall–Kier alpha value is -3.07. The summed E-state index contributed by atoms with van der Waals surface area (Å²) in [7, 11) is 0. The molecule has 0 bridgehead atoms. The number of carbonyl (C=O) groups is 1. The van der Waals surface area contributed by atoms with Crippen molar-refractivity contribution in [1.82, 2.24) is 5.32 Å². The highest BCUT2D eigenvalue weighted by atomic mass is 19.4. The van der Waals surface area contributed by atoms with Gasteiger partial charge in [0, 0.05) is 16.7 Å². The van der Waals surface area contributed by atoms with Crippen LogP contribution in [0, 0.1) is 30.6 Å². The highest BCUT2D eigenvalue weighted by molar-refractivity contribution is 5.97. The molecule has 0 aromatic heterocycles. The van der Waals surface area contributed by atoms with Gasteiger partial charge in [0.1, 0.15) is 6.07 Å². The van der Waals surface area contributed by atoms with E-state index in [2.05, 4.69) is 11.4 Å². The second-order valence-corrected chi connectivity index (χ2v) is 7.96. The summed E-state index contributed by atoms with van der Waals surface area (Å²) in [6.07, 6.45) is -4.47. The molecule has 0 spiro atoms. The molecule has 3 nitrogen and oxygen atoms in total. The van der Waals surface area contributed by atoms with Crippen molar-refractivity contribution in [3.05, 3.63) is 76.0 Å². The molecular weight excluding hydrogens is 377 g/mol. The Morgan fingerprint density at radius 1 is 1.00 bits per heavy atom. The number of hydrogen-bond acceptors (Lipinski definition) is 2. The van der Waals surface area contributed by atoms with Gasteiger partial charge < -0.3 is 5.32 Å². The lowest BCUT2D eigenvalue weighted by Gasteiger charge is -2.26. The number of hydrogen-bond donors (Lipinski definition) is 1. The zero-order valence-corrected chi connectivity index (χ0v) is 17.0. The van der Waals surface area contributed by atoms with Gasteiger partial charge in [-0.25, -0.2) is 0 Å². The Morgan fingerprint density at radius 3 is 2.03 bits per heavy atom. The van der Waals surface area contributed by atoms with Crippen LogP contribution in [-0.2, 0) is 6.18 Å². The fraction of sp³-hybridized carbons (Fsp3) is 0.304. The van der Waals surface area contributed by atoms with Crippen LogP contribution >= 0.6 is 0 Å². The van der Waals surface area contributed by atoms with Crippen LogP contribution in [0.5, 0.6) is 0 Å². The van der Waals surface area contributed by atoms with Gasteiger partial charge in [-0.05, 0) is 49.2 Å². The normalized spacial score (nSPS) is 12.8. The Balaban J connectivity index is 2.49. The van der Waals surface area contributed by atoms with Crippen LogP contribution in [-0.4, -0.2) is 5.91 Å². The minimum atomic E-state index is -4.47. The fourth-order valence-electron chi connectivity index (χ4n) is 2.97. The molecule has 152 valence electrons. The lowest BCUT2D eigenvalue weighted by atomic mass is 9.85. The number of amides is 1. The van der Waals surface area contributed by atoms with E-state index in [1.54, 1.807) is 0 Å². The predicted molar refractivity (Wildman–Crippen MR) is 107 cm³/mol. The molecule has 0 aliphatic carbocycles. The Kier molecular flexibility index (Phi) is 6.22. The minimum absolute atomic E-state index is 0.0812. The quantitative estimate of drug-likeness (QED) is 0.639. The zero-order valence-electron chi connectivity index (χ0n) is 17.0. The molecule has 29 heavy (non-hydrogen) atoms. The Labute approximate surface area is 168 Å². The third kappa shape index (κ3) is 5.26. The molecule has 1 N–H and O–H groups in total. The Bertz CT molecular complexity index is 989. The Morgan fingerprint density at radius 2 is 1.59 bits per heavy atom. The minimum Gasteiger partial charge on any atom is -0.324 e. The second kappa shape index (κ2) is 8.12. The lowest BCUT2D eigenvalue weighted by molar-refractivity contribution is -0.137. The van der Waals surface area contributed by atoms with E-state index >= 15 is 0 Å².